The first-order valence-electron chi connectivity index (χ1n) is 9.42. The lowest BCUT2D eigenvalue weighted by molar-refractivity contribution is 0.0964. The van der Waals surface area contributed by atoms with Crippen molar-refractivity contribution in [2.75, 3.05) is 13.7 Å². The molecule has 0 radical (unpaired) electrons. The Kier molecular flexibility index (Phi) is 5.34. The third-order valence-corrected chi connectivity index (χ3v) is 5.58. The number of aryl methyl sites for hydroxylation is 1. The average Bonchev–Trinajstić information content (AvgIpc) is 2.69. The first-order valence-corrected chi connectivity index (χ1v) is 9.79. The molecule has 3 aromatic rings. The highest BCUT2D eigenvalue weighted by Gasteiger charge is 2.30. The lowest BCUT2D eigenvalue weighted by Gasteiger charge is -2.25. The number of hydrogen-bond acceptors (Lipinski definition) is 5. The van der Waals surface area contributed by atoms with Crippen molar-refractivity contribution >= 4 is 28.4 Å². The second-order valence-electron chi connectivity index (χ2n) is 7.19. The average molecular weight is 414 g/mol. The van der Waals surface area contributed by atoms with Gasteiger partial charge in [0.2, 0.25) is 0 Å². The Labute approximate surface area is 171 Å². The minimum absolute atomic E-state index is 0.0674. The van der Waals surface area contributed by atoms with E-state index in [1.54, 1.807) is 13.2 Å². The predicted molar refractivity (Wildman–Crippen MR) is 110 cm³/mol. The first-order chi connectivity index (χ1) is 14.0. The number of fused-ring (bicyclic) bond motifs is 3. The molecule has 0 aliphatic heterocycles. The molecule has 8 heteroatoms. The SMILES string of the molecule is COCCCn1c(=O)[nH]c(=O)c2c3c(cnc21)C(=O)C[C@@H](c1cccc(Cl)c1)C3. The highest BCUT2D eigenvalue weighted by Crippen LogP contribution is 2.35. The molecule has 0 fully saturated rings. The molecule has 1 aliphatic carbocycles. The van der Waals surface area contributed by atoms with Gasteiger partial charge in [-0.2, -0.15) is 0 Å². The smallest absolute Gasteiger partial charge is 0.329 e. The van der Waals surface area contributed by atoms with Crippen LogP contribution in [-0.4, -0.2) is 34.0 Å². The largest absolute Gasteiger partial charge is 0.385 e. The maximum Gasteiger partial charge on any atom is 0.329 e. The van der Waals surface area contributed by atoms with Crippen molar-refractivity contribution in [1.82, 2.24) is 14.5 Å². The number of hydrogen-bond donors (Lipinski definition) is 1. The zero-order valence-electron chi connectivity index (χ0n) is 15.9. The van der Waals surface area contributed by atoms with Crippen molar-refractivity contribution in [1.29, 1.82) is 0 Å². The second-order valence-corrected chi connectivity index (χ2v) is 7.63. The maximum atomic E-state index is 12.8. The number of aromatic amines is 1. The van der Waals surface area contributed by atoms with E-state index in [-0.39, 0.29) is 11.7 Å². The Morgan fingerprint density at radius 3 is 2.86 bits per heavy atom. The van der Waals surface area contributed by atoms with Crippen LogP contribution in [0.1, 0.15) is 40.2 Å². The van der Waals surface area contributed by atoms with E-state index in [0.29, 0.717) is 59.6 Å². The van der Waals surface area contributed by atoms with Crippen molar-refractivity contribution in [3.05, 3.63) is 73.0 Å². The number of rotatable bonds is 5. The van der Waals surface area contributed by atoms with Crippen molar-refractivity contribution in [3.63, 3.8) is 0 Å². The molecule has 1 aromatic carbocycles. The van der Waals surface area contributed by atoms with E-state index >= 15 is 0 Å². The minimum atomic E-state index is -0.517. The standard InChI is InChI=1S/C21H20ClN3O4/c1-29-7-3-6-25-19-18(20(27)24-21(25)28)15-9-13(10-17(26)16(15)11-23-19)12-4-2-5-14(22)8-12/h2,4-5,8,11,13H,3,6-7,9-10H2,1H3,(H,24,27,28)/t13-/m0/s1. The third-order valence-electron chi connectivity index (χ3n) is 5.35. The van der Waals surface area contributed by atoms with Crippen LogP contribution in [0.2, 0.25) is 5.02 Å². The molecule has 1 N–H and O–H groups in total. The Balaban J connectivity index is 1.86. The number of ketones is 1. The molecule has 0 saturated heterocycles. The number of methoxy groups -OCH3 is 1. The first kappa shape index (κ1) is 19.5. The van der Waals surface area contributed by atoms with Gasteiger partial charge in [0.05, 0.1) is 5.39 Å². The molecule has 1 atom stereocenters. The Morgan fingerprint density at radius 1 is 1.28 bits per heavy atom. The maximum absolute atomic E-state index is 12.8. The van der Waals surface area contributed by atoms with Crippen LogP contribution in [0.25, 0.3) is 11.0 Å². The molecule has 0 bridgehead atoms. The van der Waals surface area contributed by atoms with Crippen LogP contribution < -0.4 is 11.2 Å². The van der Waals surface area contributed by atoms with E-state index in [1.165, 1.54) is 10.8 Å². The highest BCUT2D eigenvalue weighted by atomic mass is 35.5. The van der Waals surface area contributed by atoms with Crippen LogP contribution in [0.4, 0.5) is 0 Å². The van der Waals surface area contributed by atoms with Gasteiger partial charge < -0.3 is 4.74 Å². The van der Waals surface area contributed by atoms with E-state index in [1.807, 2.05) is 18.2 Å². The second kappa shape index (κ2) is 7.93. The Hall–Kier alpha value is -2.77. The summed E-state index contributed by atoms with van der Waals surface area (Å²) >= 11 is 6.12. The lowest BCUT2D eigenvalue weighted by atomic mass is 9.79. The summed E-state index contributed by atoms with van der Waals surface area (Å²) in [7, 11) is 1.59. The summed E-state index contributed by atoms with van der Waals surface area (Å²) in [6.07, 6.45) is 2.91. The van der Waals surface area contributed by atoms with Crippen LogP contribution in [0.5, 0.6) is 0 Å². The fourth-order valence-corrected chi connectivity index (χ4v) is 4.18. The quantitative estimate of drug-likeness (QED) is 0.649. The summed E-state index contributed by atoms with van der Waals surface area (Å²) in [4.78, 5) is 44.5. The van der Waals surface area contributed by atoms with Crippen molar-refractivity contribution < 1.29 is 9.53 Å². The number of halogens is 1. The van der Waals surface area contributed by atoms with Gasteiger partial charge in [-0.3, -0.25) is 19.1 Å². The van der Waals surface area contributed by atoms with Crippen LogP contribution >= 0.6 is 11.6 Å². The molecule has 7 nitrogen and oxygen atoms in total. The van der Waals surface area contributed by atoms with Crippen LogP contribution in [-0.2, 0) is 17.7 Å². The van der Waals surface area contributed by atoms with E-state index in [0.717, 1.165) is 5.56 Å². The summed E-state index contributed by atoms with van der Waals surface area (Å²) in [5.41, 5.74) is 1.30. The van der Waals surface area contributed by atoms with Crippen molar-refractivity contribution in [2.24, 2.45) is 0 Å². The number of carbonyl (C=O) groups is 1. The molecular formula is C21H20ClN3O4. The van der Waals surface area contributed by atoms with Gasteiger partial charge in [-0.05, 0) is 42.0 Å². The van der Waals surface area contributed by atoms with E-state index in [4.69, 9.17) is 16.3 Å². The minimum Gasteiger partial charge on any atom is -0.385 e. The topological polar surface area (TPSA) is 94.1 Å². The van der Waals surface area contributed by atoms with E-state index in [9.17, 15) is 14.4 Å². The van der Waals surface area contributed by atoms with Gasteiger partial charge in [0.25, 0.3) is 5.56 Å². The number of nitrogens with one attached hydrogen (secondary N) is 1. The zero-order valence-corrected chi connectivity index (χ0v) is 16.7. The summed E-state index contributed by atoms with van der Waals surface area (Å²) in [5.74, 6) is -0.158. The number of Topliss-reactive ketones (excluding diaryl/α,β-unsaturated/α-hetero) is 1. The monoisotopic (exact) mass is 413 g/mol. The molecule has 29 heavy (non-hydrogen) atoms. The summed E-state index contributed by atoms with van der Waals surface area (Å²) < 4.78 is 6.49. The normalized spacial score (nSPS) is 16.2. The predicted octanol–water partition coefficient (Wildman–Crippen LogP) is 2.69. The molecule has 1 aliphatic rings. The summed E-state index contributed by atoms with van der Waals surface area (Å²) in [5, 5.41) is 0.907. The van der Waals surface area contributed by atoms with Gasteiger partial charge in [0, 0.05) is 43.5 Å². The molecule has 0 amide bonds. The molecule has 0 unspecified atom stereocenters. The molecule has 4 rings (SSSR count). The Bertz CT molecular complexity index is 1210. The number of ether oxygens (including phenoxy) is 1. The van der Waals surface area contributed by atoms with E-state index in [2.05, 4.69) is 9.97 Å². The summed E-state index contributed by atoms with van der Waals surface area (Å²) in [6, 6.07) is 7.41. The van der Waals surface area contributed by atoms with Gasteiger partial charge in [0.1, 0.15) is 5.65 Å². The fraction of sp³-hybridized carbons (Fsp3) is 0.333. The number of nitrogens with zero attached hydrogens (tertiary/aromatic N) is 2. The van der Waals surface area contributed by atoms with Crippen molar-refractivity contribution in [3.8, 4) is 0 Å². The fourth-order valence-electron chi connectivity index (χ4n) is 3.98. The molecule has 0 spiro atoms. The van der Waals surface area contributed by atoms with Gasteiger partial charge in [-0.15, -0.1) is 0 Å². The van der Waals surface area contributed by atoms with Gasteiger partial charge in [0.15, 0.2) is 5.78 Å². The van der Waals surface area contributed by atoms with E-state index < -0.39 is 11.2 Å². The zero-order chi connectivity index (χ0) is 20.5. The molecular weight excluding hydrogens is 394 g/mol. The van der Waals surface area contributed by atoms with Gasteiger partial charge in [-0.25, -0.2) is 9.78 Å². The summed E-state index contributed by atoms with van der Waals surface area (Å²) in [6.45, 7) is 0.838. The van der Waals surface area contributed by atoms with Gasteiger partial charge in [-0.1, -0.05) is 23.7 Å². The van der Waals surface area contributed by atoms with Crippen LogP contribution in [0.15, 0.2) is 40.1 Å². The highest BCUT2D eigenvalue weighted by molar-refractivity contribution is 6.30. The molecule has 0 saturated carbocycles. The van der Waals surface area contributed by atoms with Crippen LogP contribution in [0.3, 0.4) is 0 Å². The van der Waals surface area contributed by atoms with Crippen LogP contribution in [0, 0.1) is 0 Å². The third kappa shape index (κ3) is 3.63. The molecule has 2 aromatic heterocycles. The van der Waals surface area contributed by atoms with Crippen molar-refractivity contribution in [2.45, 2.75) is 31.7 Å². The molecule has 150 valence electrons. The number of H-pyrrole nitrogens is 1. The van der Waals surface area contributed by atoms with Gasteiger partial charge >= 0.3 is 5.69 Å². The lowest BCUT2D eigenvalue weighted by Crippen LogP contribution is -2.33. The number of carbonyl (C=O) groups excluding carboxylic acids is 1. The Morgan fingerprint density at radius 2 is 2.10 bits per heavy atom. The number of pyridine rings is 1. The number of aromatic nitrogens is 3. The molecule has 2 heterocycles. The number of benzene rings is 1.